The zero-order chi connectivity index (χ0) is 17.2. The number of phenols is 1. The second kappa shape index (κ2) is 6.79. The molecule has 3 atom stereocenters. The van der Waals surface area contributed by atoms with Crippen molar-refractivity contribution in [2.24, 2.45) is 5.92 Å². The first kappa shape index (κ1) is 16.7. The van der Waals surface area contributed by atoms with Crippen LogP contribution in [0.25, 0.3) is 6.08 Å². The van der Waals surface area contributed by atoms with Crippen LogP contribution in [-0.4, -0.2) is 41.1 Å². The quantitative estimate of drug-likeness (QED) is 0.504. The van der Waals surface area contributed by atoms with Gasteiger partial charge in [-0.2, -0.15) is 0 Å². The van der Waals surface area contributed by atoms with E-state index in [1.54, 1.807) is 30.3 Å². The van der Waals surface area contributed by atoms with Gasteiger partial charge in [0, 0.05) is 12.0 Å². The number of rotatable bonds is 4. The second-order valence-electron chi connectivity index (χ2n) is 6.64. The summed E-state index contributed by atoms with van der Waals surface area (Å²) in [4.78, 5) is 11.8. The van der Waals surface area contributed by atoms with Crippen LogP contribution in [0.3, 0.4) is 0 Å². The normalized spacial score (nSPS) is 29.3. The number of ether oxygens (including phenoxy) is 2. The molecule has 0 bridgehead atoms. The zero-order valence-corrected chi connectivity index (χ0v) is 13.6. The highest BCUT2D eigenvalue weighted by Crippen LogP contribution is 2.39. The maximum atomic E-state index is 11.8. The fraction of sp³-hybridized carbons (Fsp3) is 0.421. The SMILES string of the molecule is C[C@]1(O)CO[C@H]2C=C(COC(=O)C=Cc3ccc(O)cc3)CC[C@H]21. The first-order valence-electron chi connectivity index (χ1n) is 8.11. The molecule has 5 nitrogen and oxygen atoms in total. The summed E-state index contributed by atoms with van der Waals surface area (Å²) in [5.41, 5.74) is 1.07. The molecule has 24 heavy (non-hydrogen) atoms. The van der Waals surface area contributed by atoms with Gasteiger partial charge < -0.3 is 19.7 Å². The van der Waals surface area contributed by atoms with Crippen molar-refractivity contribution in [1.29, 1.82) is 0 Å². The summed E-state index contributed by atoms with van der Waals surface area (Å²) in [5.74, 6) is -0.109. The van der Waals surface area contributed by atoms with E-state index >= 15 is 0 Å². The first-order chi connectivity index (χ1) is 11.4. The molecule has 5 heteroatoms. The average molecular weight is 330 g/mol. The largest absolute Gasteiger partial charge is 0.508 e. The maximum absolute atomic E-state index is 11.8. The van der Waals surface area contributed by atoms with Crippen LogP contribution in [-0.2, 0) is 14.3 Å². The van der Waals surface area contributed by atoms with Crippen molar-refractivity contribution in [3.05, 3.63) is 47.6 Å². The second-order valence-corrected chi connectivity index (χ2v) is 6.64. The molecule has 3 rings (SSSR count). The van der Waals surface area contributed by atoms with Crippen LogP contribution in [0.4, 0.5) is 0 Å². The molecule has 0 radical (unpaired) electrons. The highest BCUT2D eigenvalue weighted by Gasteiger charge is 2.45. The Balaban J connectivity index is 1.51. The van der Waals surface area contributed by atoms with E-state index in [9.17, 15) is 15.0 Å². The fourth-order valence-electron chi connectivity index (χ4n) is 3.22. The van der Waals surface area contributed by atoms with E-state index < -0.39 is 11.6 Å². The molecule has 1 aromatic carbocycles. The van der Waals surface area contributed by atoms with Crippen LogP contribution in [0.15, 0.2) is 42.0 Å². The standard InChI is InChI=1S/C19H22O5/c1-19(22)12-24-17-10-14(4-8-16(17)19)11-23-18(21)9-5-13-2-6-15(20)7-3-13/h2-3,5-7,9-10,16-17,20,22H,4,8,11-12H2,1H3/t16-,17+,19+/m1/s1. The van der Waals surface area contributed by atoms with E-state index in [0.29, 0.717) is 6.61 Å². The van der Waals surface area contributed by atoms with Crippen LogP contribution in [0.2, 0.25) is 0 Å². The van der Waals surface area contributed by atoms with E-state index in [4.69, 9.17) is 9.47 Å². The minimum absolute atomic E-state index is 0.0880. The molecule has 128 valence electrons. The Bertz CT molecular complexity index is 657. The van der Waals surface area contributed by atoms with Crippen molar-refractivity contribution >= 4 is 12.0 Å². The van der Waals surface area contributed by atoms with Crippen molar-refractivity contribution in [1.82, 2.24) is 0 Å². The average Bonchev–Trinajstić information content (AvgIpc) is 2.87. The summed E-state index contributed by atoms with van der Waals surface area (Å²) in [6.07, 6.45) is 6.54. The maximum Gasteiger partial charge on any atom is 0.331 e. The molecule has 1 aromatic rings. The number of fused-ring (bicyclic) bond motifs is 1. The number of benzene rings is 1. The van der Waals surface area contributed by atoms with Gasteiger partial charge in [0.1, 0.15) is 12.4 Å². The molecule has 1 aliphatic heterocycles. The van der Waals surface area contributed by atoms with E-state index in [-0.39, 0.29) is 24.4 Å². The lowest BCUT2D eigenvalue weighted by atomic mass is 9.79. The molecule has 2 aliphatic rings. The summed E-state index contributed by atoms with van der Waals surface area (Å²) < 4.78 is 10.9. The smallest absolute Gasteiger partial charge is 0.331 e. The molecule has 1 heterocycles. The van der Waals surface area contributed by atoms with E-state index in [1.807, 2.05) is 13.0 Å². The third-order valence-electron chi connectivity index (χ3n) is 4.64. The Labute approximate surface area is 141 Å². The molecule has 0 unspecified atom stereocenters. The molecule has 0 aromatic heterocycles. The summed E-state index contributed by atoms with van der Waals surface area (Å²) in [6.45, 7) is 2.40. The van der Waals surface area contributed by atoms with Gasteiger partial charge in [-0.25, -0.2) is 4.79 Å². The van der Waals surface area contributed by atoms with Gasteiger partial charge in [0.05, 0.1) is 18.3 Å². The van der Waals surface area contributed by atoms with Gasteiger partial charge in [0.2, 0.25) is 0 Å². The van der Waals surface area contributed by atoms with Crippen LogP contribution in [0, 0.1) is 5.92 Å². The number of aliphatic hydroxyl groups is 1. The van der Waals surface area contributed by atoms with Gasteiger partial charge in [-0.1, -0.05) is 18.2 Å². The van der Waals surface area contributed by atoms with Gasteiger partial charge in [0.15, 0.2) is 0 Å². The topological polar surface area (TPSA) is 76.0 Å². The van der Waals surface area contributed by atoms with Crippen LogP contribution < -0.4 is 0 Å². The number of aromatic hydroxyl groups is 1. The number of carbonyl (C=O) groups is 1. The summed E-state index contributed by atoms with van der Waals surface area (Å²) in [5, 5.41) is 19.4. The lowest BCUT2D eigenvalue weighted by molar-refractivity contribution is -0.136. The molecule has 1 saturated heterocycles. The minimum Gasteiger partial charge on any atom is -0.508 e. The van der Waals surface area contributed by atoms with Gasteiger partial charge in [0.25, 0.3) is 0 Å². The van der Waals surface area contributed by atoms with E-state index in [2.05, 4.69) is 0 Å². The number of esters is 1. The van der Waals surface area contributed by atoms with Gasteiger partial charge in [-0.3, -0.25) is 0 Å². The van der Waals surface area contributed by atoms with Crippen molar-refractivity contribution in [3.63, 3.8) is 0 Å². The third kappa shape index (κ3) is 3.86. The van der Waals surface area contributed by atoms with Crippen LogP contribution in [0.5, 0.6) is 5.75 Å². The van der Waals surface area contributed by atoms with Crippen molar-refractivity contribution in [3.8, 4) is 5.75 Å². The third-order valence-corrected chi connectivity index (χ3v) is 4.64. The monoisotopic (exact) mass is 330 g/mol. The minimum atomic E-state index is -0.768. The predicted octanol–water partition coefficient (Wildman–Crippen LogP) is 2.43. The number of carbonyl (C=O) groups excluding carboxylic acids is 1. The lowest BCUT2D eigenvalue weighted by Crippen LogP contribution is -2.37. The molecule has 0 saturated carbocycles. The van der Waals surface area contributed by atoms with Crippen molar-refractivity contribution < 1.29 is 24.5 Å². The molecule has 0 amide bonds. The van der Waals surface area contributed by atoms with Gasteiger partial charge >= 0.3 is 5.97 Å². The Morgan fingerprint density at radius 3 is 2.92 bits per heavy atom. The summed E-state index contributed by atoms with van der Waals surface area (Å²) in [6, 6.07) is 6.55. The Morgan fingerprint density at radius 2 is 2.17 bits per heavy atom. The number of phenolic OH excluding ortho intramolecular Hbond substituents is 1. The number of hydrogen-bond donors (Lipinski definition) is 2. The zero-order valence-electron chi connectivity index (χ0n) is 13.6. The van der Waals surface area contributed by atoms with E-state index in [1.165, 1.54) is 6.08 Å². The fourth-order valence-corrected chi connectivity index (χ4v) is 3.22. The Morgan fingerprint density at radius 1 is 1.42 bits per heavy atom. The molecular formula is C19H22O5. The summed E-state index contributed by atoms with van der Waals surface area (Å²) in [7, 11) is 0. The molecule has 1 fully saturated rings. The molecule has 2 N–H and O–H groups in total. The Hall–Kier alpha value is -2.11. The number of hydrogen-bond acceptors (Lipinski definition) is 5. The van der Waals surface area contributed by atoms with Crippen LogP contribution in [0.1, 0.15) is 25.3 Å². The van der Waals surface area contributed by atoms with Gasteiger partial charge in [-0.05, 0) is 49.1 Å². The predicted molar refractivity (Wildman–Crippen MR) is 89.3 cm³/mol. The molecule has 1 aliphatic carbocycles. The van der Waals surface area contributed by atoms with Gasteiger partial charge in [-0.15, -0.1) is 0 Å². The van der Waals surface area contributed by atoms with Crippen molar-refractivity contribution in [2.45, 2.75) is 31.5 Å². The molecule has 0 spiro atoms. The van der Waals surface area contributed by atoms with E-state index in [0.717, 1.165) is 24.0 Å². The summed E-state index contributed by atoms with van der Waals surface area (Å²) >= 11 is 0. The lowest BCUT2D eigenvalue weighted by Gasteiger charge is -2.29. The Kier molecular flexibility index (Phi) is 4.73. The molecular weight excluding hydrogens is 308 g/mol. The first-order valence-corrected chi connectivity index (χ1v) is 8.11. The van der Waals surface area contributed by atoms with Crippen LogP contribution >= 0.6 is 0 Å². The van der Waals surface area contributed by atoms with Crippen molar-refractivity contribution in [2.75, 3.05) is 13.2 Å². The highest BCUT2D eigenvalue weighted by atomic mass is 16.5. The highest BCUT2D eigenvalue weighted by molar-refractivity contribution is 5.87.